The zero-order valence-electron chi connectivity index (χ0n) is 5.06. The molecule has 3 heteroatoms. The number of hydrogen-bond acceptors (Lipinski definition) is 2. The van der Waals surface area contributed by atoms with Crippen LogP contribution in [0.25, 0.3) is 0 Å². The highest BCUT2D eigenvalue weighted by molar-refractivity contribution is 14.1. The van der Waals surface area contributed by atoms with Gasteiger partial charge in [0.2, 0.25) is 0 Å². The summed E-state index contributed by atoms with van der Waals surface area (Å²) >= 11 is 2.25. The van der Waals surface area contributed by atoms with Gasteiger partial charge in [-0.25, -0.2) is 0 Å². The number of nitrogens with one attached hydrogen (secondary N) is 1. The van der Waals surface area contributed by atoms with Crippen LogP contribution in [-0.2, 0) is 0 Å². The molecule has 1 atom stereocenters. The molecule has 1 aliphatic heterocycles. The molecule has 2 nitrogen and oxygen atoms in total. The third kappa shape index (κ3) is 1.89. The first-order valence-corrected chi connectivity index (χ1v) is 3.73. The Kier molecular flexibility index (Phi) is 1.70. The van der Waals surface area contributed by atoms with Crippen LogP contribution in [0.1, 0.15) is 6.92 Å². The van der Waals surface area contributed by atoms with E-state index in [4.69, 9.17) is 5.11 Å². The van der Waals surface area contributed by atoms with Crippen LogP contribution in [0.3, 0.4) is 0 Å². The Morgan fingerprint density at radius 3 is 2.78 bits per heavy atom. The van der Waals surface area contributed by atoms with Gasteiger partial charge in [-0.2, -0.15) is 0 Å². The van der Waals surface area contributed by atoms with Crippen molar-refractivity contribution in [2.45, 2.75) is 10.5 Å². The molecule has 0 spiro atoms. The second kappa shape index (κ2) is 2.21. The van der Waals surface area contributed by atoms with Crippen LogP contribution in [-0.4, -0.2) is 8.65 Å². The summed E-state index contributed by atoms with van der Waals surface area (Å²) in [6.07, 6.45) is 5.18. The lowest BCUT2D eigenvalue weighted by atomic mass is 10.2. The molecule has 0 aliphatic carbocycles. The lowest BCUT2D eigenvalue weighted by Gasteiger charge is -2.21. The summed E-state index contributed by atoms with van der Waals surface area (Å²) in [5.41, 5.74) is 0. The van der Waals surface area contributed by atoms with Gasteiger partial charge < -0.3 is 10.4 Å². The van der Waals surface area contributed by atoms with Crippen LogP contribution >= 0.6 is 22.6 Å². The zero-order chi connectivity index (χ0) is 6.91. The summed E-state index contributed by atoms with van der Waals surface area (Å²) in [6, 6.07) is 0. The van der Waals surface area contributed by atoms with Gasteiger partial charge in [0.05, 0.1) is 0 Å². The highest BCUT2D eigenvalue weighted by atomic mass is 127. The van der Waals surface area contributed by atoms with Crippen molar-refractivity contribution < 1.29 is 5.11 Å². The number of allylic oxidation sites excluding steroid dienone is 1. The largest absolute Gasteiger partial charge is 0.506 e. The Bertz CT molecular complexity index is 172. The first-order valence-electron chi connectivity index (χ1n) is 2.65. The Labute approximate surface area is 67.8 Å². The number of hydrogen-bond donors (Lipinski definition) is 2. The molecule has 0 saturated heterocycles. The summed E-state index contributed by atoms with van der Waals surface area (Å²) < 4.78 is -0.0377. The molecule has 0 aromatic carbocycles. The molecule has 0 radical (unpaired) electrons. The Hall–Kier alpha value is -0.190. The Morgan fingerprint density at radius 2 is 2.44 bits per heavy atom. The van der Waals surface area contributed by atoms with E-state index < -0.39 is 0 Å². The fourth-order valence-corrected chi connectivity index (χ4v) is 0.889. The Balaban J connectivity index is 2.70. The maximum atomic E-state index is 8.85. The minimum Gasteiger partial charge on any atom is -0.506 e. The van der Waals surface area contributed by atoms with E-state index in [0.29, 0.717) is 0 Å². The van der Waals surface area contributed by atoms with E-state index in [9.17, 15) is 0 Å². The second-order valence-electron chi connectivity index (χ2n) is 2.12. The lowest BCUT2D eigenvalue weighted by molar-refractivity contribution is 0.420. The highest BCUT2D eigenvalue weighted by Gasteiger charge is 2.15. The first-order chi connectivity index (χ1) is 4.10. The summed E-state index contributed by atoms with van der Waals surface area (Å²) in [5.74, 6) is 0.282. The standard InChI is InChI=1S/C6H8INO/c1-6(7)3-2-5(9)4-8-6/h2-4,8-9H,1H3. The third-order valence-corrected chi connectivity index (χ3v) is 1.74. The number of dihydropyridines is 1. The van der Waals surface area contributed by atoms with E-state index in [1.807, 2.05) is 13.0 Å². The van der Waals surface area contributed by atoms with Crippen LogP contribution in [0.4, 0.5) is 0 Å². The number of rotatable bonds is 0. The molecule has 1 unspecified atom stereocenters. The highest BCUT2D eigenvalue weighted by Crippen LogP contribution is 2.19. The molecule has 0 bridgehead atoms. The SMILES string of the molecule is CC1(I)C=CC(O)=CN1. The fraction of sp³-hybridized carbons (Fsp3) is 0.333. The zero-order valence-corrected chi connectivity index (χ0v) is 7.21. The average Bonchev–Trinajstić information content (AvgIpc) is 1.78. The predicted octanol–water partition coefficient (Wildman–Crippen LogP) is 1.70. The number of aliphatic hydroxyl groups excluding tert-OH is 1. The quantitative estimate of drug-likeness (QED) is 0.381. The van der Waals surface area contributed by atoms with E-state index in [0.717, 1.165) is 0 Å². The summed E-state index contributed by atoms with van der Waals surface area (Å²) in [7, 11) is 0. The smallest absolute Gasteiger partial charge is 0.131 e. The van der Waals surface area contributed by atoms with Gasteiger partial charge >= 0.3 is 0 Å². The maximum Gasteiger partial charge on any atom is 0.131 e. The number of aliphatic hydroxyl groups is 1. The van der Waals surface area contributed by atoms with Crippen LogP contribution in [0.15, 0.2) is 24.1 Å². The summed E-state index contributed by atoms with van der Waals surface area (Å²) in [5, 5.41) is 11.8. The van der Waals surface area contributed by atoms with Crippen molar-refractivity contribution in [1.29, 1.82) is 0 Å². The third-order valence-electron chi connectivity index (χ3n) is 1.07. The van der Waals surface area contributed by atoms with Gasteiger partial charge in [-0.05, 0) is 19.1 Å². The van der Waals surface area contributed by atoms with Gasteiger partial charge in [-0.3, -0.25) is 0 Å². The van der Waals surface area contributed by atoms with Gasteiger partial charge in [0.25, 0.3) is 0 Å². The van der Waals surface area contributed by atoms with Gasteiger partial charge in [0, 0.05) is 6.20 Å². The molecule has 0 amide bonds. The van der Waals surface area contributed by atoms with Crippen molar-refractivity contribution in [3.63, 3.8) is 0 Å². The molecule has 0 aromatic heterocycles. The molecule has 0 fully saturated rings. The molecular weight excluding hydrogens is 229 g/mol. The minimum atomic E-state index is -0.0377. The van der Waals surface area contributed by atoms with Gasteiger partial charge in [0.15, 0.2) is 0 Å². The minimum absolute atomic E-state index is 0.0377. The number of alkyl halides is 1. The average molecular weight is 237 g/mol. The topological polar surface area (TPSA) is 32.3 Å². The number of halogens is 1. The van der Waals surface area contributed by atoms with Crippen LogP contribution in [0.2, 0.25) is 0 Å². The first kappa shape index (κ1) is 6.92. The van der Waals surface area contributed by atoms with E-state index >= 15 is 0 Å². The molecule has 2 N–H and O–H groups in total. The molecule has 9 heavy (non-hydrogen) atoms. The predicted molar refractivity (Wildman–Crippen MR) is 45.4 cm³/mol. The van der Waals surface area contributed by atoms with Gasteiger partial charge in [-0.1, -0.05) is 22.6 Å². The summed E-state index contributed by atoms with van der Waals surface area (Å²) in [6.45, 7) is 2.02. The van der Waals surface area contributed by atoms with E-state index in [2.05, 4.69) is 27.9 Å². The maximum absolute atomic E-state index is 8.85. The van der Waals surface area contributed by atoms with Crippen molar-refractivity contribution >= 4 is 22.6 Å². The van der Waals surface area contributed by atoms with Crippen LogP contribution in [0.5, 0.6) is 0 Å². The van der Waals surface area contributed by atoms with Crippen molar-refractivity contribution in [1.82, 2.24) is 5.32 Å². The summed E-state index contributed by atoms with van der Waals surface area (Å²) in [4.78, 5) is 0. The van der Waals surface area contributed by atoms with Gasteiger partial charge in [0.1, 0.15) is 9.30 Å². The van der Waals surface area contributed by atoms with Crippen molar-refractivity contribution in [2.24, 2.45) is 0 Å². The van der Waals surface area contributed by atoms with E-state index in [1.165, 1.54) is 0 Å². The second-order valence-corrected chi connectivity index (χ2v) is 4.36. The van der Waals surface area contributed by atoms with Crippen LogP contribution < -0.4 is 5.32 Å². The van der Waals surface area contributed by atoms with E-state index in [1.54, 1.807) is 12.3 Å². The monoisotopic (exact) mass is 237 g/mol. The normalized spacial score (nSPS) is 33.3. The van der Waals surface area contributed by atoms with Gasteiger partial charge in [-0.15, -0.1) is 0 Å². The molecule has 0 saturated carbocycles. The molecular formula is C6H8INO. The molecule has 1 rings (SSSR count). The van der Waals surface area contributed by atoms with Crippen molar-refractivity contribution in [2.75, 3.05) is 0 Å². The molecule has 1 heterocycles. The van der Waals surface area contributed by atoms with Crippen molar-refractivity contribution in [3.05, 3.63) is 24.1 Å². The van der Waals surface area contributed by atoms with E-state index in [-0.39, 0.29) is 9.30 Å². The fourth-order valence-electron chi connectivity index (χ4n) is 0.553. The molecule has 0 aromatic rings. The van der Waals surface area contributed by atoms with Crippen molar-refractivity contribution in [3.8, 4) is 0 Å². The lowest BCUT2D eigenvalue weighted by Crippen LogP contribution is -2.31. The molecule has 1 aliphatic rings. The molecule has 50 valence electrons. The Morgan fingerprint density at radius 1 is 1.78 bits per heavy atom. The van der Waals surface area contributed by atoms with Crippen LogP contribution in [0, 0.1) is 0 Å².